The van der Waals surface area contributed by atoms with Gasteiger partial charge >= 0.3 is 5.97 Å². The zero-order chi connectivity index (χ0) is 19.3. The number of rotatable bonds is 3. The number of esters is 1. The van der Waals surface area contributed by atoms with Crippen molar-refractivity contribution in [3.05, 3.63) is 52.8 Å². The van der Waals surface area contributed by atoms with Gasteiger partial charge < -0.3 is 4.74 Å². The van der Waals surface area contributed by atoms with Gasteiger partial charge in [0.25, 0.3) is 11.8 Å². The Morgan fingerprint density at radius 3 is 2.52 bits per heavy atom. The molecule has 4 rings (SSSR count). The van der Waals surface area contributed by atoms with Gasteiger partial charge in [0.1, 0.15) is 0 Å². The minimum atomic E-state index is -0.455. The average Bonchev–Trinajstić information content (AvgIpc) is 3.09. The number of nitrogens with zero attached hydrogens (tertiary/aromatic N) is 4. The highest BCUT2D eigenvalue weighted by molar-refractivity contribution is 6.37. The number of carbonyl (C=O) groups excluding carboxylic acids is 3. The maximum atomic E-state index is 13.1. The maximum absolute atomic E-state index is 13.1. The van der Waals surface area contributed by atoms with Crippen LogP contribution in [0.15, 0.2) is 30.5 Å². The van der Waals surface area contributed by atoms with Crippen LogP contribution >= 0.6 is 0 Å². The van der Waals surface area contributed by atoms with Gasteiger partial charge in [0.2, 0.25) is 0 Å². The molecular formula is C19H16N4O4. The highest BCUT2D eigenvalue weighted by atomic mass is 16.5. The Morgan fingerprint density at radius 1 is 1.15 bits per heavy atom. The zero-order valence-corrected chi connectivity index (χ0v) is 15.0. The van der Waals surface area contributed by atoms with Crippen molar-refractivity contribution in [2.24, 2.45) is 7.05 Å². The van der Waals surface area contributed by atoms with Crippen LogP contribution in [0.2, 0.25) is 0 Å². The third kappa shape index (κ3) is 2.41. The lowest BCUT2D eigenvalue weighted by Crippen LogP contribution is -2.29. The Balaban J connectivity index is 1.78. The number of carbonyl (C=O) groups is 3. The van der Waals surface area contributed by atoms with Crippen LogP contribution < -0.4 is 4.90 Å². The molecule has 1 aliphatic heterocycles. The first-order valence-electron chi connectivity index (χ1n) is 8.42. The maximum Gasteiger partial charge on any atom is 0.338 e. The van der Waals surface area contributed by atoms with Gasteiger partial charge in [-0.25, -0.2) is 14.7 Å². The second-order valence-corrected chi connectivity index (χ2v) is 6.17. The van der Waals surface area contributed by atoms with E-state index in [9.17, 15) is 14.4 Å². The first-order valence-corrected chi connectivity index (χ1v) is 8.42. The van der Waals surface area contributed by atoms with Crippen molar-refractivity contribution in [3.63, 3.8) is 0 Å². The number of hydrogen-bond acceptors (Lipinski definition) is 6. The Morgan fingerprint density at radius 2 is 1.85 bits per heavy atom. The lowest BCUT2D eigenvalue weighted by molar-refractivity contribution is 0.0526. The summed E-state index contributed by atoms with van der Waals surface area (Å²) in [4.78, 5) is 43.0. The fraction of sp³-hybridized carbons (Fsp3) is 0.211. The molecule has 0 radical (unpaired) electrons. The first kappa shape index (κ1) is 16.9. The second kappa shape index (κ2) is 6.01. The molecule has 0 saturated carbocycles. The van der Waals surface area contributed by atoms with Crippen molar-refractivity contribution in [3.8, 4) is 0 Å². The number of pyridine rings is 1. The Kier molecular flexibility index (Phi) is 3.76. The van der Waals surface area contributed by atoms with Crippen LogP contribution in [0.3, 0.4) is 0 Å². The van der Waals surface area contributed by atoms with Crippen LogP contribution in [0, 0.1) is 6.92 Å². The van der Waals surface area contributed by atoms with E-state index in [1.165, 1.54) is 18.3 Å². The SMILES string of the molecule is CCOC(=O)c1ccc(N2C(=O)c3cnc4c(c(C)nn4C)c3C2=O)cc1. The molecule has 136 valence electrons. The number of anilines is 1. The molecule has 0 saturated heterocycles. The fourth-order valence-corrected chi connectivity index (χ4v) is 3.32. The largest absolute Gasteiger partial charge is 0.462 e. The molecule has 1 aromatic carbocycles. The lowest BCUT2D eigenvalue weighted by Gasteiger charge is -2.14. The van der Waals surface area contributed by atoms with Gasteiger partial charge in [-0.1, -0.05) is 0 Å². The van der Waals surface area contributed by atoms with Crippen LogP contribution in [-0.4, -0.2) is 39.2 Å². The fourth-order valence-electron chi connectivity index (χ4n) is 3.32. The number of aromatic nitrogens is 3. The van der Waals surface area contributed by atoms with Gasteiger partial charge in [-0.2, -0.15) is 5.10 Å². The van der Waals surface area contributed by atoms with Gasteiger partial charge in [-0.05, 0) is 38.1 Å². The molecule has 1 aliphatic rings. The first-order chi connectivity index (χ1) is 12.9. The van der Waals surface area contributed by atoms with E-state index in [-0.39, 0.29) is 12.2 Å². The van der Waals surface area contributed by atoms with E-state index >= 15 is 0 Å². The quantitative estimate of drug-likeness (QED) is 0.523. The predicted octanol–water partition coefficient (Wildman–Crippen LogP) is 2.25. The van der Waals surface area contributed by atoms with E-state index in [1.54, 1.807) is 37.7 Å². The number of benzene rings is 1. The average molecular weight is 364 g/mol. The monoisotopic (exact) mass is 364 g/mol. The van der Waals surface area contributed by atoms with Gasteiger partial charge in [-0.3, -0.25) is 14.3 Å². The highest BCUT2D eigenvalue weighted by Crippen LogP contribution is 2.33. The van der Waals surface area contributed by atoms with E-state index in [4.69, 9.17) is 4.74 Å². The summed E-state index contributed by atoms with van der Waals surface area (Å²) in [5, 5.41) is 4.88. The van der Waals surface area contributed by atoms with Gasteiger partial charge in [-0.15, -0.1) is 0 Å². The van der Waals surface area contributed by atoms with Crippen LogP contribution in [-0.2, 0) is 11.8 Å². The minimum Gasteiger partial charge on any atom is -0.462 e. The van der Waals surface area contributed by atoms with Crippen molar-refractivity contribution in [2.75, 3.05) is 11.5 Å². The summed E-state index contributed by atoms with van der Waals surface area (Å²) in [6.45, 7) is 3.77. The molecule has 3 aromatic rings. The summed E-state index contributed by atoms with van der Waals surface area (Å²) in [6.07, 6.45) is 1.41. The summed E-state index contributed by atoms with van der Waals surface area (Å²) in [6, 6.07) is 6.16. The van der Waals surface area contributed by atoms with Gasteiger partial charge in [0, 0.05) is 13.2 Å². The Labute approximate surface area is 154 Å². The predicted molar refractivity (Wildman–Crippen MR) is 96.8 cm³/mol. The third-order valence-corrected chi connectivity index (χ3v) is 4.51. The summed E-state index contributed by atoms with van der Waals surface area (Å²) < 4.78 is 6.53. The topological polar surface area (TPSA) is 94.4 Å². The molecule has 0 bridgehead atoms. The normalized spacial score (nSPS) is 13.4. The zero-order valence-electron chi connectivity index (χ0n) is 15.0. The summed E-state index contributed by atoms with van der Waals surface area (Å²) in [5.74, 6) is -1.33. The number of imide groups is 1. The molecule has 27 heavy (non-hydrogen) atoms. The third-order valence-electron chi connectivity index (χ3n) is 4.51. The Hall–Kier alpha value is -3.55. The number of ether oxygens (including phenoxy) is 1. The van der Waals surface area contributed by atoms with Crippen molar-refractivity contribution in [2.45, 2.75) is 13.8 Å². The number of amides is 2. The van der Waals surface area contributed by atoms with E-state index in [1.807, 2.05) is 0 Å². The number of fused-ring (bicyclic) bond motifs is 3. The van der Waals surface area contributed by atoms with Gasteiger partial charge in [0.05, 0.1) is 40.1 Å². The van der Waals surface area contributed by atoms with Crippen LogP contribution in [0.1, 0.15) is 43.7 Å². The van der Waals surface area contributed by atoms with Crippen molar-refractivity contribution in [1.82, 2.24) is 14.8 Å². The van der Waals surface area contributed by atoms with E-state index in [0.717, 1.165) is 4.90 Å². The van der Waals surface area contributed by atoms with E-state index < -0.39 is 17.8 Å². The molecule has 2 aromatic heterocycles. The molecular weight excluding hydrogens is 348 g/mol. The molecule has 0 aliphatic carbocycles. The smallest absolute Gasteiger partial charge is 0.338 e. The molecule has 0 N–H and O–H groups in total. The van der Waals surface area contributed by atoms with Crippen molar-refractivity contribution in [1.29, 1.82) is 0 Å². The second-order valence-electron chi connectivity index (χ2n) is 6.17. The molecule has 2 amide bonds. The van der Waals surface area contributed by atoms with Crippen LogP contribution in [0.4, 0.5) is 5.69 Å². The molecule has 3 heterocycles. The number of hydrogen-bond donors (Lipinski definition) is 0. The summed E-state index contributed by atoms with van der Waals surface area (Å²) in [7, 11) is 1.74. The molecule has 8 heteroatoms. The van der Waals surface area contributed by atoms with E-state index in [2.05, 4.69) is 10.1 Å². The van der Waals surface area contributed by atoms with Crippen LogP contribution in [0.25, 0.3) is 11.0 Å². The van der Waals surface area contributed by atoms with Crippen LogP contribution in [0.5, 0.6) is 0 Å². The highest BCUT2D eigenvalue weighted by Gasteiger charge is 2.39. The standard InChI is InChI=1S/C19H16N4O4/c1-4-27-19(26)11-5-7-12(8-6-11)23-17(24)13-9-20-16-14(15(13)18(23)25)10(2)21-22(16)3/h5-9H,4H2,1-3H3. The molecule has 8 nitrogen and oxygen atoms in total. The molecule has 0 fully saturated rings. The van der Waals surface area contributed by atoms with Crippen molar-refractivity contribution >= 4 is 34.5 Å². The minimum absolute atomic E-state index is 0.248. The van der Waals surface area contributed by atoms with Crippen molar-refractivity contribution < 1.29 is 19.1 Å². The molecule has 0 unspecified atom stereocenters. The molecule has 0 spiro atoms. The molecule has 0 atom stereocenters. The van der Waals surface area contributed by atoms with E-state index in [0.29, 0.717) is 33.5 Å². The lowest BCUT2D eigenvalue weighted by atomic mass is 10.1. The summed E-state index contributed by atoms with van der Waals surface area (Å²) >= 11 is 0. The van der Waals surface area contributed by atoms with Gasteiger partial charge in [0.15, 0.2) is 5.65 Å². The summed E-state index contributed by atoms with van der Waals surface area (Å²) in [5.41, 5.74) is 2.47. The Bertz CT molecular complexity index is 1110. The number of aryl methyl sites for hydroxylation is 2.